The highest BCUT2D eigenvalue weighted by Gasteiger charge is 2.10. The Balaban J connectivity index is 2.34. The van der Waals surface area contributed by atoms with Gasteiger partial charge < -0.3 is 5.32 Å². The molecule has 0 heterocycles. The fourth-order valence-corrected chi connectivity index (χ4v) is 2.64. The van der Waals surface area contributed by atoms with Crippen LogP contribution in [0.2, 0.25) is 0 Å². The first kappa shape index (κ1) is 15.7. The van der Waals surface area contributed by atoms with Crippen molar-refractivity contribution in [3.63, 3.8) is 0 Å². The first-order chi connectivity index (χ1) is 10.2. The van der Waals surface area contributed by atoms with Crippen LogP contribution in [0.15, 0.2) is 42.5 Å². The second-order valence-corrected chi connectivity index (χ2v) is 5.50. The molecule has 0 aliphatic rings. The van der Waals surface area contributed by atoms with Gasteiger partial charge in [0.1, 0.15) is 5.82 Å². The molecule has 0 radical (unpaired) electrons. The number of nitrogens with one attached hydrogen (secondary N) is 1. The maximum atomic E-state index is 13.5. The smallest absolute Gasteiger partial charge is 0.123 e. The molecular formula is C19H24FN. The lowest BCUT2D eigenvalue weighted by atomic mass is 9.95. The average Bonchev–Trinajstić information content (AvgIpc) is 2.51. The standard InChI is InChI=1S/C19H24FN/c1-4-11-21-19(5-2)16-8-6-7-15(12-16)18-13-17(20)10-9-14(18)3/h6-10,12-13,19,21H,4-5,11H2,1-3H3. The largest absolute Gasteiger partial charge is 0.310 e. The molecule has 0 amide bonds. The zero-order valence-corrected chi connectivity index (χ0v) is 13.1. The zero-order chi connectivity index (χ0) is 15.2. The summed E-state index contributed by atoms with van der Waals surface area (Å²) >= 11 is 0. The number of aryl methyl sites for hydroxylation is 1. The van der Waals surface area contributed by atoms with Crippen molar-refractivity contribution in [3.8, 4) is 11.1 Å². The second kappa shape index (κ2) is 7.37. The van der Waals surface area contributed by atoms with Gasteiger partial charge in [-0.1, -0.05) is 38.1 Å². The first-order valence-corrected chi connectivity index (χ1v) is 7.75. The molecule has 112 valence electrons. The molecule has 2 rings (SSSR count). The van der Waals surface area contributed by atoms with Crippen molar-refractivity contribution < 1.29 is 4.39 Å². The Morgan fingerprint density at radius 1 is 1.10 bits per heavy atom. The van der Waals surface area contributed by atoms with E-state index in [0.717, 1.165) is 36.1 Å². The Morgan fingerprint density at radius 2 is 1.90 bits per heavy atom. The quantitative estimate of drug-likeness (QED) is 0.764. The molecule has 0 bridgehead atoms. The predicted octanol–water partition coefficient (Wildman–Crippen LogP) is 5.25. The normalized spacial score (nSPS) is 12.4. The van der Waals surface area contributed by atoms with Crippen molar-refractivity contribution in [2.45, 2.75) is 39.7 Å². The minimum absolute atomic E-state index is 0.183. The average molecular weight is 285 g/mol. The summed E-state index contributed by atoms with van der Waals surface area (Å²) in [6, 6.07) is 13.8. The van der Waals surface area contributed by atoms with E-state index in [2.05, 4.69) is 43.4 Å². The molecule has 2 heteroatoms. The fourth-order valence-electron chi connectivity index (χ4n) is 2.64. The van der Waals surface area contributed by atoms with E-state index in [0.29, 0.717) is 6.04 Å². The predicted molar refractivity (Wildman–Crippen MR) is 87.9 cm³/mol. The lowest BCUT2D eigenvalue weighted by Gasteiger charge is -2.18. The molecule has 1 atom stereocenters. The summed E-state index contributed by atoms with van der Waals surface area (Å²) in [7, 11) is 0. The Morgan fingerprint density at radius 3 is 2.62 bits per heavy atom. The van der Waals surface area contributed by atoms with Crippen LogP contribution in [-0.2, 0) is 0 Å². The third kappa shape index (κ3) is 3.92. The molecule has 0 aliphatic carbocycles. The van der Waals surface area contributed by atoms with E-state index in [4.69, 9.17) is 0 Å². The topological polar surface area (TPSA) is 12.0 Å². The molecule has 0 spiro atoms. The van der Waals surface area contributed by atoms with Crippen molar-refractivity contribution in [2.75, 3.05) is 6.54 Å². The van der Waals surface area contributed by atoms with E-state index in [1.165, 1.54) is 11.6 Å². The van der Waals surface area contributed by atoms with E-state index in [-0.39, 0.29) is 5.82 Å². The van der Waals surface area contributed by atoms with E-state index in [9.17, 15) is 4.39 Å². The Kier molecular flexibility index (Phi) is 5.51. The van der Waals surface area contributed by atoms with Crippen LogP contribution in [0.1, 0.15) is 43.9 Å². The van der Waals surface area contributed by atoms with E-state index in [1.807, 2.05) is 13.0 Å². The van der Waals surface area contributed by atoms with Crippen molar-refractivity contribution >= 4 is 0 Å². The molecule has 0 saturated carbocycles. The molecule has 0 fully saturated rings. The van der Waals surface area contributed by atoms with Crippen molar-refractivity contribution in [1.82, 2.24) is 5.32 Å². The molecule has 1 unspecified atom stereocenters. The SMILES string of the molecule is CCCNC(CC)c1cccc(-c2cc(F)ccc2C)c1. The van der Waals surface area contributed by atoms with Gasteiger partial charge in [0.2, 0.25) is 0 Å². The van der Waals surface area contributed by atoms with Gasteiger partial charge in [0.15, 0.2) is 0 Å². The molecule has 1 nitrogen and oxygen atoms in total. The lowest BCUT2D eigenvalue weighted by molar-refractivity contribution is 0.518. The summed E-state index contributed by atoms with van der Waals surface area (Å²) in [5, 5.41) is 3.57. The molecule has 0 aliphatic heterocycles. The van der Waals surface area contributed by atoms with E-state index in [1.54, 1.807) is 6.07 Å². The Labute approximate surface area is 127 Å². The summed E-state index contributed by atoms with van der Waals surface area (Å²) in [4.78, 5) is 0. The first-order valence-electron chi connectivity index (χ1n) is 7.75. The van der Waals surface area contributed by atoms with Gasteiger partial charge in [-0.2, -0.15) is 0 Å². The van der Waals surface area contributed by atoms with Gasteiger partial charge in [0, 0.05) is 6.04 Å². The number of halogens is 1. The van der Waals surface area contributed by atoms with E-state index < -0.39 is 0 Å². The van der Waals surface area contributed by atoms with Gasteiger partial charge in [-0.05, 0) is 66.8 Å². The number of rotatable bonds is 6. The van der Waals surface area contributed by atoms with Gasteiger partial charge in [0.05, 0.1) is 0 Å². The van der Waals surface area contributed by atoms with Crippen LogP contribution in [0, 0.1) is 12.7 Å². The van der Waals surface area contributed by atoms with Crippen LogP contribution >= 0.6 is 0 Å². The van der Waals surface area contributed by atoms with Crippen molar-refractivity contribution in [1.29, 1.82) is 0 Å². The van der Waals surface area contributed by atoms with Gasteiger partial charge >= 0.3 is 0 Å². The van der Waals surface area contributed by atoms with Gasteiger partial charge in [-0.3, -0.25) is 0 Å². The Hall–Kier alpha value is -1.67. The third-order valence-corrected chi connectivity index (χ3v) is 3.85. The number of hydrogen-bond acceptors (Lipinski definition) is 1. The summed E-state index contributed by atoms with van der Waals surface area (Å²) in [6.45, 7) is 7.40. The van der Waals surface area contributed by atoms with Gasteiger partial charge in [0.25, 0.3) is 0 Å². The summed E-state index contributed by atoms with van der Waals surface area (Å²) in [6.07, 6.45) is 2.17. The van der Waals surface area contributed by atoms with Crippen molar-refractivity contribution in [3.05, 3.63) is 59.4 Å². The van der Waals surface area contributed by atoms with Crippen LogP contribution < -0.4 is 5.32 Å². The molecular weight excluding hydrogens is 261 g/mol. The zero-order valence-electron chi connectivity index (χ0n) is 13.1. The minimum Gasteiger partial charge on any atom is -0.310 e. The second-order valence-electron chi connectivity index (χ2n) is 5.50. The highest BCUT2D eigenvalue weighted by molar-refractivity contribution is 5.68. The number of hydrogen-bond donors (Lipinski definition) is 1. The fraction of sp³-hybridized carbons (Fsp3) is 0.368. The Bertz CT molecular complexity index is 592. The number of benzene rings is 2. The summed E-state index contributed by atoms with van der Waals surface area (Å²) < 4.78 is 13.5. The highest BCUT2D eigenvalue weighted by Crippen LogP contribution is 2.27. The van der Waals surface area contributed by atoms with Gasteiger partial charge in [-0.15, -0.1) is 0 Å². The molecule has 2 aromatic rings. The monoisotopic (exact) mass is 285 g/mol. The lowest BCUT2D eigenvalue weighted by Crippen LogP contribution is -2.21. The summed E-state index contributed by atoms with van der Waals surface area (Å²) in [5.74, 6) is -0.183. The maximum Gasteiger partial charge on any atom is 0.123 e. The van der Waals surface area contributed by atoms with Crippen LogP contribution in [0.25, 0.3) is 11.1 Å². The summed E-state index contributed by atoms with van der Waals surface area (Å²) in [5.41, 5.74) is 4.43. The van der Waals surface area contributed by atoms with Crippen LogP contribution in [0.5, 0.6) is 0 Å². The van der Waals surface area contributed by atoms with Crippen molar-refractivity contribution in [2.24, 2.45) is 0 Å². The van der Waals surface area contributed by atoms with E-state index >= 15 is 0 Å². The highest BCUT2D eigenvalue weighted by atomic mass is 19.1. The molecule has 2 aromatic carbocycles. The third-order valence-electron chi connectivity index (χ3n) is 3.85. The van der Waals surface area contributed by atoms with Crippen LogP contribution in [0.4, 0.5) is 4.39 Å². The maximum absolute atomic E-state index is 13.5. The molecule has 21 heavy (non-hydrogen) atoms. The van der Waals surface area contributed by atoms with Gasteiger partial charge in [-0.25, -0.2) is 4.39 Å². The molecule has 1 N–H and O–H groups in total. The van der Waals surface area contributed by atoms with Crippen LogP contribution in [0.3, 0.4) is 0 Å². The molecule has 0 saturated heterocycles. The minimum atomic E-state index is -0.183. The molecule has 0 aromatic heterocycles. The van der Waals surface area contributed by atoms with Crippen LogP contribution in [-0.4, -0.2) is 6.54 Å².